The number of benzene rings is 1. The topological polar surface area (TPSA) is 38.7 Å². The number of methoxy groups -OCH3 is 2. The molecule has 0 spiro atoms. The Bertz CT molecular complexity index is 356. The van der Waals surface area contributed by atoms with E-state index in [0.717, 1.165) is 0 Å². The third-order valence-electron chi connectivity index (χ3n) is 2.14. The third kappa shape index (κ3) is 2.32. The molecule has 3 nitrogen and oxygen atoms in total. The molecule has 0 atom stereocenters. The normalized spacial score (nSPS) is 11.3. The standard InChI is InChI=1S/C11H15FO3/c1-11(2,12)7-5-9(14-3)10(15-4)6-8(7)13/h5-6,13H,1-4H3. The maximum Gasteiger partial charge on any atom is 0.164 e. The minimum absolute atomic E-state index is 0.139. The highest BCUT2D eigenvalue weighted by molar-refractivity contribution is 5.51. The van der Waals surface area contributed by atoms with Gasteiger partial charge in [-0.3, -0.25) is 0 Å². The number of phenols is 1. The van der Waals surface area contributed by atoms with Crippen molar-refractivity contribution in [2.45, 2.75) is 19.5 Å². The number of hydrogen-bond acceptors (Lipinski definition) is 3. The summed E-state index contributed by atoms with van der Waals surface area (Å²) in [5.74, 6) is 0.638. The number of halogens is 1. The molecule has 1 rings (SSSR count). The first-order chi connectivity index (χ1) is 6.90. The Morgan fingerprint density at radius 3 is 2.00 bits per heavy atom. The maximum atomic E-state index is 13.7. The first-order valence-electron chi connectivity index (χ1n) is 4.54. The zero-order valence-corrected chi connectivity index (χ0v) is 9.30. The highest BCUT2D eigenvalue weighted by Gasteiger charge is 2.25. The van der Waals surface area contributed by atoms with Gasteiger partial charge in [0, 0.05) is 11.6 Å². The van der Waals surface area contributed by atoms with E-state index in [1.807, 2.05) is 0 Å². The quantitative estimate of drug-likeness (QED) is 0.840. The lowest BCUT2D eigenvalue weighted by atomic mass is 9.98. The van der Waals surface area contributed by atoms with Crippen LogP contribution in [0.5, 0.6) is 17.2 Å². The Balaban J connectivity index is 3.32. The van der Waals surface area contributed by atoms with Crippen LogP contribution < -0.4 is 9.47 Å². The molecular weight excluding hydrogens is 199 g/mol. The molecule has 15 heavy (non-hydrogen) atoms. The van der Waals surface area contributed by atoms with Crippen LogP contribution in [0.25, 0.3) is 0 Å². The van der Waals surface area contributed by atoms with Crippen molar-refractivity contribution in [2.75, 3.05) is 14.2 Å². The lowest BCUT2D eigenvalue weighted by Gasteiger charge is -2.18. The fourth-order valence-electron chi connectivity index (χ4n) is 1.34. The Morgan fingerprint density at radius 2 is 1.60 bits per heavy atom. The van der Waals surface area contributed by atoms with E-state index in [1.54, 1.807) is 0 Å². The number of aromatic hydroxyl groups is 1. The minimum atomic E-state index is -1.62. The van der Waals surface area contributed by atoms with E-state index in [4.69, 9.17) is 9.47 Å². The zero-order valence-electron chi connectivity index (χ0n) is 9.30. The fraction of sp³-hybridized carbons (Fsp3) is 0.455. The maximum absolute atomic E-state index is 13.7. The predicted octanol–water partition coefficient (Wildman–Crippen LogP) is 2.61. The van der Waals surface area contributed by atoms with Crippen molar-refractivity contribution in [1.29, 1.82) is 0 Å². The van der Waals surface area contributed by atoms with E-state index in [0.29, 0.717) is 11.5 Å². The minimum Gasteiger partial charge on any atom is -0.507 e. The molecule has 0 saturated carbocycles. The van der Waals surface area contributed by atoms with E-state index in [2.05, 4.69) is 0 Å². The molecule has 0 radical (unpaired) electrons. The average molecular weight is 214 g/mol. The summed E-state index contributed by atoms with van der Waals surface area (Å²) in [6, 6.07) is 2.78. The van der Waals surface area contributed by atoms with Gasteiger partial charge in [0.05, 0.1) is 14.2 Å². The molecule has 0 aliphatic carbocycles. The van der Waals surface area contributed by atoms with E-state index >= 15 is 0 Å². The summed E-state index contributed by atoms with van der Waals surface area (Å²) in [5.41, 5.74) is -1.44. The second-order valence-electron chi connectivity index (χ2n) is 3.70. The summed E-state index contributed by atoms with van der Waals surface area (Å²) in [6.07, 6.45) is 0. The van der Waals surface area contributed by atoms with Crippen LogP contribution in [0.1, 0.15) is 19.4 Å². The number of alkyl halides is 1. The zero-order chi connectivity index (χ0) is 11.6. The second kappa shape index (κ2) is 3.96. The van der Waals surface area contributed by atoms with Crippen LogP contribution in [0.4, 0.5) is 4.39 Å². The van der Waals surface area contributed by atoms with Crippen LogP contribution in [0.15, 0.2) is 12.1 Å². The van der Waals surface area contributed by atoms with Gasteiger partial charge < -0.3 is 14.6 Å². The van der Waals surface area contributed by atoms with E-state index in [1.165, 1.54) is 40.2 Å². The number of phenolic OH excluding ortho intramolecular Hbond substituents is 1. The van der Waals surface area contributed by atoms with Crippen LogP contribution in [-0.2, 0) is 5.67 Å². The molecule has 1 N–H and O–H groups in total. The molecule has 0 saturated heterocycles. The Morgan fingerprint density at radius 1 is 1.13 bits per heavy atom. The van der Waals surface area contributed by atoms with Gasteiger partial charge in [0.1, 0.15) is 11.4 Å². The first kappa shape index (κ1) is 11.6. The van der Waals surface area contributed by atoms with Gasteiger partial charge in [0.2, 0.25) is 0 Å². The van der Waals surface area contributed by atoms with Gasteiger partial charge in [-0.2, -0.15) is 0 Å². The van der Waals surface area contributed by atoms with Crippen LogP contribution in [0.3, 0.4) is 0 Å². The molecule has 1 aromatic rings. The van der Waals surface area contributed by atoms with Crippen molar-refractivity contribution in [3.63, 3.8) is 0 Å². The van der Waals surface area contributed by atoms with Gasteiger partial charge in [0.15, 0.2) is 11.5 Å². The SMILES string of the molecule is COc1cc(O)c(C(C)(C)F)cc1OC. The average Bonchev–Trinajstić information content (AvgIpc) is 2.15. The first-order valence-corrected chi connectivity index (χ1v) is 4.54. The number of ether oxygens (including phenoxy) is 2. The summed E-state index contributed by atoms with van der Waals surface area (Å²) in [5, 5.41) is 9.60. The molecule has 0 aliphatic rings. The number of rotatable bonds is 3. The molecule has 84 valence electrons. The second-order valence-corrected chi connectivity index (χ2v) is 3.70. The van der Waals surface area contributed by atoms with Gasteiger partial charge in [-0.15, -0.1) is 0 Å². The van der Waals surface area contributed by atoms with Crippen LogP contribution in [0, 0.1) is 0 Å². The molecule has 4 heteroatoms. The Hall–Kier alpha value is -1.45. The molecule has 1 aromatic carbocycles. The molecule has 0 amide bonds. The molecule has 0 unspecified atom stereocenters. The smallest absolute Gasteiger partial charge is 0.164 e. The summed E-state index contributed by atoms with van der Waals surface area (Å²) in [6.45, 7) is 2.74. The van der Waals surface area contributed by atoms with Gasteiger partial charge in [-0.25, -0.2) is 4.39 Å². The highest BCUT2D eigenvalue weighted by atomic mass is 19.1. The number of hydrogen-bond donors (Lipinski definition) is 1. The molecular formula is C11H15FO3. The molecule has 0 heterocycles. The third-order valence-corrected chi connectivity index (χ3v) is 2.14. The van der Waals surface area contributed by atoms with E-state index in [9.17, 15) is 9.50 Å². The van der Waals surface area contributed by atoms with Gasteiger partial charge in [-0.1, -0.05) is 0 Å². The predicted molar refractivity (Wildman–Crippen MR) is 55.3 cm³/mol. The summed E-state index contributed by atoms with van der Waals surface area (Å²) in [7, 11) is 2.92. The largest absolute Gasteiger partial charge is 0.507 e. The van der Waals surface area contributed by atoms with Crippen molar-refractivity contribution in [1.82, 2.24) is 0 Å². The van der Waals surface area contributed by atoms with Crippen molar-refractivity contribution in [3.8, 4) is 17.2 Å². The monoisotopic (exact) mass is 214 g/mol. The molecule has 0 aromatic heterocycles. The van der Waals surface area contributed by atoms with E-state index < -0.39 is 5.67 Å². The Kier molecular flexibility index (Phi) is 3.07. The van der Waals surface area contributed by atoms with Crippen LogP contribution in [-0.4, -0.2) is 19.3 Å². The fourth-order valence-corrected chi connectivity index (χ4v) is 1.34. The van der Waals surface area contributed by atoms with Crippen molar-refractivity contribution >= 4 is 0 Å². The molecule has 0 bridgehead atoms. The van der Waals surface area contributed by atoms with Crippen molar-refractivity contribution in [2.24, 2.45) is 0 Å². The van der Waals surface area contributed by atoms with Crippen molar-refractivity contribution in [3.05, 3.63) is 17.7 Å². The lowest BCUT2D eigenvalue weighted by Crippen LogP contribution is -2.09. The van der Waals surface area contributed by atoms with Gasteiger partial charge in [-0.05, 0) is 19.9 Å². The Labute approximate surface area is 88.4 Å². The van der Waals surface area contributed by atoms with Crippen molar-refractivity contribution < 1.29 is 19.0 Å². The highest BCUT2D eigenvalue weighted by Crippen LogP contribution is 2.40. The molecule has 0 fully saturated rings. The van der Waals surface area contributed by atoms with Crippen LogP contribution >= 0.6 is 0 Å². The van der Waals surface area contributed by atoms with Gasteiger partial charge >= 0.3 is 0 Å². The molecule has 0 aliphatic heterocycles. The van der Waals surface area contributed by atoms with Gasteiger partial charge in [0.25, 0.3) is 0 Å². The summed E-state index contributed by atoms with van der Waals surface area (Å²) < 4.78 is 23.7. The summed E-state index contributed by atoms with van der Waals surface area (Å²) >= 11 is 0. The van der Waals surface area contributed by atoms with Crippen LogP contribution in [0.2, 0.25) is 0 Å². The lowest BCUT2D eigenvalue weighted by molar-refractivity contribution is 0.213. The van der Waals surface area contributed by atoms with E-state index in [-0.39, 0.29) is 11.3 Å². The summed E-state index contributed by atoms with van der Waals surface area (Å²) in [4.78, 5) is 0.